The summed E-state index contributed by atoms with van der Waals surface area (Å²) in [7, 11) is 1.64. The number of ether oxygens (including phenoxy) is 1. The van der Waals surface area contributed by atoms with Crippen molar-refractivity contribution in [1.29, 1.82) is 0 Å². The quantitative estimate of drug-likeness (QED) is 0.760. The van der Waals surface area contributed by atoms with Crippen molar-refractivity contribution in [3.8, 4) is 27.6 Å². The fourth-order valence-corrected chi connectivity index (χ4v) is 3.36. The number of hydrogen-bond donors (Lipinski definition) is 1. The van der Waals surface area contributed by atoms with E-state index in [0.29, 0.717) is 11.6 Å². The lowest BCUT2D eigenvalue weighted by Crippen LogP contribution is -1.98. The summed E-state index contributed by atoms with van der Waals surface area (Å²) in [6.07, 6.45) is 0. The first-order chi connectivity index (χ1) is 10.7. The molecule has 3 aromatic rings. The molecule has 0 aliphatic rings. The zero-order valence-corrected chi connectivity index (χ0v) is 13.6. The third-order valence-electron chi connectivity index (χ3n) is 3.41. The highest BCUT2D eigenvalue weighted by atomic mass is 35.5. The molecule has 0 saturated heterocycles. The lowest BCUT2D eigenvalue weighted by molar-refractivity contribution is 0.416. The molecule has 0 unspecified atom stereocenters. The summed E-state index contributed by atoms with van der Waals surface area (Å²) < 4.78 is 5.40. The van der Waals surface area contributed by atoms with Crippen LogP contribution in [-0.4, -0.2) is 12.1 Å². The van der Waals surface area contributed by atoms with Crippen molar-refractivity contribution < 1.29 is 4.74 Å². The Morgan fingerprint density at radius 1 is 1.18 bits per heavy atom. The Labute approximate surface area is 138 Å². The molecule has 3 rings (SSSR count). The molecule has 0 spiro atoms. The average molecular weight is 331 g/mol. The van der Waals surface area contributed by atoms with Crippen LogP contribution in [-0.2, 0) is 6.54 Å². The summed E-state index contributed by atoms with van der Waals surface area (Å²) in [4.78, 5) is 4.73. The number of thiazole rings is 1. The molecule has 0 atom stereocenters. The number of aromatic nitrogens is 1. The molecule has 22 heavy (non-hydrogen) atoms. The smallest absolute Gasteiger partial charge is 0.128 e. The molecular formula is C17H15ClN2OS. The maximum atomic E-state index is 6.10. The summed E-state index contributed by atoms with van der Waals surface area (Å²) in [5.41, 5.74) is 9.71. The summed E-state index contributed by atoms with van der Waals surface area (Å²) in [5, 5.41) is 3.61. The summed E-state index contributed by atoms with van der Waals surface area (Å²) in [6, 6.07) is 13.6. The predicted octanol–water partition coefficient (Wildman–Crippen LogP) is 4.60. The molecule has 0 aliphatic heterocycles. The molecule has 1 aromatic heterocycles. The third kappa shape index (κ3) is 2.86. The van der Waals surface area contributed by atoms with Crippen LogP contribution in [0, 0.1) is 0 Å². The third-order valence-corrected chi connectivity index (χ3v) is 4.52. The van der Waals surface area contributed by atoms with Gasteiger partial charge in [0.1, 0.15) is 10.8 Å². The van der Waals surface area contributed by atoms with Crippen LogP contribution in [0.15, 0.2) is 47.8 Å². The van der Waals surface area contributed by atoms with Crippen LogP contribution < -0.4 is 10.5 Å². The highest BCUT2D eigenvalue weighted by Crippen LogP contribution is 2.36. The molecule has 0 bridgehead atoms. The summed E-state index contributed by atoms with van der Waals surface area (Å²) in [5.74, 6) is 0.758. The van der Waals surface area contributed by atoms with Crippen LogP contribution in [0.2, 0.25) is 5.02 Å². The van der Waals surface area contributed by atoms with E-state index in [4.69, 9.17) is 27.1 Å². The van der Waals surface area contributed by atoms with E-state index in [1.165, 1.54) is 0 Å². The minimum absolute atomic E-state index is 0.492. The molecular weight excluding hydrogens is 316 g/mol. The molecule has 0 amide bonds. The normalized spacial score (nSPS) is 10.7. The fraction of sp³-hybridized carbons (Fsp3) is 0.118. The zero-order valence-electron chi connectivity index (χ0n) is 12.0. The number of nitrogens with two attached hydrogens (primary N) is 1. The van der Waals surface area contributed by atoms with E-state index in [9.17, 15) is 0 Å². The Kier molecular flexibility index (Phi) is 4.43. The maximum Gasteiger partial charge on any atom is 0.128 e. The standard InChI is InChI=1S/C17H15ClN2OS/c1-21-16-7-6-12(18)8-14(16)15-10-22-17(20-15)13-5-3-2-4-11(13)9-19/h2-8,10H,9,19H2,1H3. The minimum Gasteiger partial charge on any atom is -0.496 e. The van der Waals surface area contributed by atoms with Gasteiger partial charge >= 0.3 is 0 Å². The molecule has 2 aromatic carbocycles. The molecule has 112 valence electrons. The minimum atomic E-state index is 0.492. The first-order valence-electron chi connectivity index (χ1n) is 6.80. The molecule has 0 fully saturated rings. The molecule has 0 saturated carbocycles. The van der Waals surface area contributed by atoms with Gasteiger partial charge in [-0.05, 0) is 23.8 Å². The first kappa shape index (κ1) is 15.0. The van der Waals surface area contributed by atoms with Crippen molar-refractivity contribution in [1.82, 2.24) is 4.98 Å². The molecule has 3 nitrogen and oxygen atoms in total. The first-order valence-corrected chi connectivity index (χ1v) is 8.06. The monoisotopic (exact) mass is 330 g/mol. The molecule has 2 N–H and O–H groups in total. The molecule has 0 radical (unpaired) electrons. The fourth-order valence-electron chi connectivity index (χ4n) is 2.31. The van der Waals surface area contributed by atoms with Crippen molar-refractivity contribution in [3.63, 3.8) is 0 Å². The van der Waals surface area contributed by atoms with Crippen molar-refractivity contribution in [3.05, 3.63) is 58.4 Å². The number of halogens is 1. The van der Waals surface area contributed by atoms with E-state index in [0.717, 1.165) is 33.1 Å². The number of rotatable bonds is 4. The second-order valence-corrected chi connectivity index (χ2v) is 6.04. The Morgan fingerprint density at radius 3 is 2.77 bits per heavy atom. The lowest BCUT2D eigenvalue weighted by atomic mass is 10.1. The summed E-state index contributed by atoms with van der Waals surface area (Å²) in [6.45, 7) is 0.492. The van der Waals surface area contributed by atoms with Crippen LogP contribution >= 0.6 is 22.9 Å². The highest BCUT2D eigenvalue weighted by Gasteiger charge is 2.13. The van der Waals surface area contributed by atoms with Gasteiger partial charge < -0.3 is 10.5 Å². The van der Waals surface area contributed by atoms with Crippen LogP contribution in [0.1, 0.15) is 5.56 Å². The van der Waals surface area contributed by atoms with Crippen molar-refractivity contribution >= 4 is 22.9 Å². The van der Waals surface area contributed by atoms with E-state index in [2.05, 4.69) is 0 Å². The summed E-state index contributed by atoms with van der Waals surface area (Å²) >= 11 is 7.69. The SMILES string of the molecule is COc1ccc(Cl)cc1-c1csc(-c2ccccc2CN)n1. The van der Waals surface area contributed by atoms with E-state index < -0.39 is 0 Å². The van der Waals surface area contributed by atoms with E-state index in [-0.39, 0.29) is 0 Å². The Balaban J connectivity index is 2.06. The van der Waals surface area contributed by atoms with Gasteiger partial charge in [-0.3, -0.25) is 0 Å². The number of nitrogens with zero attached hydrogens (tertiary/aromatic N) is 1. The van der Waals surface area contributed by atoms with Crippen molar-refractivity contribution in [2.45, 2.75) is 6.54 Å². The van der Waals surface area contributed by atoms with Gasteiger partial charge in [0.2, 0.25) is 0 Å². The van der Waals surface area contributed by atoms with Gasteiger partial charge in [0.25, 0.3) is 0 Å². The second kappa shape index (κ2) is 6.48. The molecule has 1 heterocycles. The Hall–Kier alpha value is -1.88. The van der Waals surface area contributed by atoms with Crippen LogP contribution in [0.3, 0.4) is 0 Å². The largest absolute Gasteiger partial charge is 0.496 e. The maximum absolute atomic E-state index is 6.10. The van der Waals surface area contributed by atoms with Gasteiger partial charge in [-0.2, -0.15) is 0 Å². The van der Waals surface area contributed by atoms with Crippen LogP contribution in [0.4, 0.5) is 0 Å². The molecule has 5 heteroatoms. The van der Waals surface area contributed by atoms with Gasteiger partial charge in [-0.25, -0.2) is 4.98 Å². The number of hydrogen-bond acceptors (Lipinski definition) is 4. The Bertz CT molecular complexity index is 801. The van der Waals surface area contributed by atoms with Gasteiger partial charge in [0.05, 0.1) is 12.8 Å². The van der Waals surface area contributed by atoms with E-state index in [1.54, 1.807) is 24.5 Å². The van der Waals surface area contributed by atoms with Crippen LogP contribution in [0.5, 0.6) is 5.75 Å². The van der Waals surface area contributed by atoms with Gasteiger partial charge in [-0.1, -0.05) is 35.9 Å². The number of methoxy groups -OCH3 is 1. The lowest BCUT2D eigenvalue weighted by Gasteiger charge is -2.07. The van der Waals surface area contributed by atoms with Crippen molar-refractivity contribution in [2.75, 3.05) is 7.11 Å². The van der Waals surface area contributed by atoms with Gasteiger partial charge in [0, 0.05) is 28.1 Å². The van der Waals surface area contributed by atoms with E-state index in [1.807, 2.05) is 41.8 Å². The topological polar surface area (TPSA) is 48.1 Å². The van der Waals surface area contributed by atoms with Crippen LogP contribution in [0.25, 0.3) is 21.8 Å². The molecule has 0 aliphatic carbocycles. The van der Waals surface area contributed by atoms with Crippen molar-refractivity contribution in [2.24, 2.45) is 5.73 Å². The Morgan fingerprint density at radius 2 is 2.00 bits per heavy atom. The second-order valence-electron chi connectivity index (χ2n) is 4.74. The highest BCUT2D eigenvalue weighted by molar-refractivity contribution is 7.13. The average Bonchev–Trinajstić information content (AvgIpc) is 3.04. The zero-order chi connectivity index (χ0) is 15.5. The van der Waals surface area contributed by atoms with Gasteiger partial charge in [-0.15, -0.1) is 11.3 Å². The predicted molar refractivity (Wildman–Crippen MR) is 92.4 cm³/mol. The number of benzene rings is 2. The van der Waals surface area contributed by atoms with Gasteiger partial charge in [0.15, 0.2) is 0 Å². The van der Waals surface area contributed by atoms with E-state index >= 15 is 0 Å².